The van der Waals surface area contributed by atoms with Crippen molar-refractivity contribution in [1.29, 1.82) is 0 Å². The van der Waals surface area contributed by atoms with E-state index >= 15 is 0 Å². The molecule has 1 fully saturated rings. The normalized spacial score (nSPS) is 20.5. The molecule has 2 atom stereocenters. The molecule has 1 aromatic rings. The van der Waals surface area contributed by atoms with Gasteiger partial charge in [0, 0.05) is 31.4 Å². The van der Waals surface area contributed by atoms with Crippen LogP contribution in [0.15, 0.2) is 28.7 Å². The third-order valence-corrected chi connectivity index (χ3v) is 3.63. The summed E-state index contributed by atoms with van der Waals surface area (Å²) < 4.78 is 10.2. The van der Waals surface area contributed by atoms with Gasteiger partial charge in [0.05, 0.1) is 7.11 Å². The number of amides is 1. The van der Waals surface area contributed by atoms with Crippen LogP contribution in [-0.4, -0.2) is 25.5 Å². The van der Waals surface area contributed by atoms with E-state index < -0.39 is 5.97 Å². The van der Waals surface area contributed by atoms with Gasteiger partial charge in [-0.2, -0.15) is 0 Å². The predicted molar refractivity (Wildman–Crippen MR) is 77.7 cm³/mol. The summed E-state index contributed by atoms with van der Waals surface area (Å²) in [5.41, 5.74) is 0. The Morgan fingerprint density at radius 1 is 1.48 bits per heavy atom. The second kappa shape index (κ2) is 7.11. The first kappa shape index (κ1) is 15.4. The van der Waals surface area contributed by atoms with Gasteiger partial charge < -0.3 is 14.5 Å². The Kier molecular flexibility index (Phi) is 5.20. The summed E-state index contributed by atoms with van der Waals surface area (Å²) in [5.74, 6) is 2.68. The lowest BCUT2D eigenvalue weighted by Crippen LogP contribution is -2.23. The SMILES string of the molecule is COC(=O)/C=C/CNC(=O)CCc1ccc(C2CC2C)o1. The second-order valence-electron chi connectivity index (χ2n) is 5.35. The molecule has 0 spiro atoms. The highest BCUT2D eigenvalue weighted by Crippen LogP contribution is 2.47. The fraction of sp³-hybridized carbons (Fsp3) is 0.500. The number of nitrogens with one attached hydrogen (secondary N) is 1. The fourth-order valence-electron chi connectivity index (χ4n) is 2.17. The number of carbonyl (C=O) groups is 2. The summed E-state index contributed by atoms with van der Waals surface area (Å²) in [4.78, 5) is 22.5. The van der Waals surface area contributed by atoms with E-state index in [1.807, 2.05) is 12.1 Å². The van der Waals surface area contributed by atoms with Crippen LogP contribution in [0.2, 0.25) is 0 Å². The molecule has 0 aliphatic heterocycles. The Morgan fingerprint density at radius 3 is 2.90 bits per heavy atom. The van der Waals surface area contributed by atoms with Crippen LogP contribution < -0.4 is 5.32 Å². The molecule has 1 aliphatic rings. The molecule has 1 amide bonds. The third kappa shape index (κ3) is 4.77. The zero-order valence-electron chi connectivity index (χ0n) is 12.4. The van der Waals surface area contributed by atoms with Crippen molar-refractivity contribution >= 4 is 11.9 Å². The van der Waals surface area contributed by atoms with E-state index in [2.05, 4.69) is 17.0 Å². The number of hydrogen-bond donors (Lipinski definition) is 1. The molecule has 5 heteroatoms. The fourth-order valence-corrected chi connectivity index (χ4v) is 2.17. The molecule has 0 radical (unpaired) electrons. The van der Waals surface area contributed by atoms with Crippen LogP contribution in [0.3, 0.4) is 0 Å². The standard InChI is InChI=1S/C16H21NO4/c1-11-10-13(11)14-7-5-12(21-14)6-8-15(18)17-9-3-4-16(19)20-2/h3-5,7,11,13H,6,8-10H2,1-2H3,(H,17,18)/b4-3+. The summed E-state index contributed by atoms with van der Waals surface area (Å²) in [6.45, 7) is 2.53. The molecule has 2 unspecified atom stereocenters. The van der Waals surface area contributed by atoms with Crippen LogP contribution in [0.1, 0.15) is 37.2 Å². The number of esters is 1. The van der Waals surface area contributed by atoms with Crippen LogP contribution in [0.4, 0.5) is 0 Å². The molecule has 21 heavy (non-hydrogen) atoms. The van der Waals surface area contributed by atoms with Gasteiger partial charge in [-0.25, -0.2) is 4.79 Å². The highest BCUT2D eigenvalue weighted by molar-refractivity contribution is 5.82. The maximum Gasteiger partial charge on any atom is 0.330 e. The molecule has 114 valence electrons. The van der Waals surface area contributed by atoms with Crippen LogP contribution >= 0.6 is 0 Å². The maximum atomic E-state index is 11.6. The van der Waals surface area contributed by atoms with Gasteiger partial charge in [-0.05, 0) is 24.5 Å². The van der Waals surface area contributed by atoms with Crippen molar-refractivity contribution < 1.29 is 18.7 Å². The van der Waals surface area contributed by atoms with Crippen LogP contribution in [-0.2, 0) is 20.7 Å². The topological polar surface area (TPSA) is 68.5 Å². The first-order chi connectivity index (χ1) is 10.1. The Hall–Kier alpha value is -2.04. The number of carbonyl (C=O) groups excluding carboxylic acids is 2. The van der Waals surface area contributed by atoms with Crippen molar-refractivity contribution in [1.82, 2.24) is 5.32 Å². The monoisotopic (exact) mass is 291 g/mol. The number of rotatable bonds is 7. The third-order valence-electron chi connectivity index (χ3n) is 3.63. The van der Waals surface area contributed by atoms with E-state index in [0.29, 0.717) is 31.2 Å². The van der Waals surface area contributed by atoms with Crippen molar-refractivity contribution in [3.8, 4) is 0 Å². The molecule has 0 aromatic carbocycles. The zero-order valence-corrected chi connectivity index (χ0v) is 12.4. The number of aryl methyl sites for hydroxylation is 1. The first-order valence-corrected chi connectivity index (χ1v) is 7.20. The number of methoxy groups -OCH3 is 1. The maximum absolute atomic E-state index is 11.6. The van der Waals surface area contributed by atoms with Crippen molar-refractivity contribution in [2.75, 3.05) is 13.7 Å². The van der Waals surface area contributed by atoms with Crippen LogP contribution in [0.25, 0.3) is 0 Å². The lowest BCUT2D eigenvalue weighted by molar-refractivity contribution is -0.134. The van der Waals surface area contributed by atoms with Gasteiger partial charge in [0.25, 0.3) is 0 Å². The summed E-state index contributed by atoms with van der Waals surface area (Å²) in [6, 6.07) is 3.96. The predicted octanol–water partition coefficient (Wildman–Crippen LogP) is 2.18. The van der Waals surface area contributed by atoms with Crippen molar-refractivity contribution in [2.45, 2.75) is 32.1 Å². The lowest BCUT2D eigenvalue weighted by Gasteiger charge is -2.01. The summed E-state index contributed by atoms with van der Waals surface area (Å²) in [6.07, 6.45) is 5.01. The van der Waals surface area contributed by atoms with Crippen molar-refractivity contribution in [3.63, 3.8) is 0 Å². The van der Waals surface area contributed by atoms with Crippen molar-refractivity contribution in [2.24, 2.45) is 5.92 Å². The average molecular weight is 291 g/mol. The summed E-state index contributed by atoms with van der Waals surface area (Å²) >= 11 is 0. The minimum absolute atomic E-state index is 0.0674. The molecular formula is C16H21NO4. The average Bonchev–Trinajstić information content (AvgIpc) is 3.02. The van der Waals surface area contributed by atoms with E-state index in [0.717, 1.165) is 11.5 Å². The van der Waals surface area contributed by atoms with Gasteiger partial charge in [0.2, 0.25) is 5.91 Å². The molecule has 0 bridgehead atoms. The van der Waals surface area contributed by atoms with Crippen LogP contribution in [0, 0.1) is 5.92 Å². The molecule has 1 saturated carbocycles. The minimum atomic E-state index is -0.429. The highest BCUT2D eigenvalue weighted by atomic mass is 16.5. The number of ether oxygens (including phenoxy) is 1. The minimum Gasteiger partial charge on any atom is -0.466 e. The molecule has 1 aromatic heterocycles. The summed E-state index contributed by atoms with van der Waals surface area (Å²) in [5, 5.41) is 2.71. The Morgan fingerprint density at radius 2 is 2.24 bits per heavy atom. The van der Waals surface area contributed by atoms with E-state index in [-0.39, 0.29) is 5.91 Å². The molecule has 1 N–H and O–H groups in total. The van der Waals surface area contributed by atoms with E-state index in [1.165, 1.54) is 19.6 Å². The first-order valence-electron chi connectivity index (χ1n) is 7.20. The van der Waals surface area contributed by atoms with Crippen molar-refractivity contribution in [3.05, 3.63) is 35.8 Å². The largest absolute Gasteiger partial charge is 0.466 e. The summed E-state index contributed by atoms with van der Waals surface area (Å²) in [7, 11) is 1.31. The lowest BCUT2D eigenvalue weighted by atomic mass is 10.2. The van der Waals surface area contributed by atoms with Gasteiger partial charge in [-0.1, -0.05) is 13.0 Å². The van der Waals surface area contributed by atoms with Gasteiger partial charge in [-0.3, -0.25) is 4.79 Å². The highest BCUT2D eigenvalue weighted by Gasteiger charge is 2.36. The van der Waals surface area contributed by atoms with Gasteiger partial charge in [0.1, 0.15) is 11.5 Å². The number of hydrogen-bond acceptors (Lipinski definition) is 4. The molecule has 0 saturated heterocycles. The second-order valence-corrected chi connectivity index (χ2v) is 5.35. The van der Waals surface area contributed by atoms with E-state index in [9.17, 15) is 9.59 Å². The Balaban J connectivity index is 1.65. The molecule has 1 aliphatic carbocycles. The smallest absolute Gasteiger partial charge is 0.330 e. The van der Waals surface area contributed by atoms with Gasteiger partial charge in [0.15, 0.2) is 0 Å². The number of furan rings is 1. The molecule has 5 nitrogen and oxygen atoms in total. The molecule has 1 heterocycles. The van der Waals surface area contributed by atoms with Crippen LogP contribution in [0.5, 0.6) is 0 Å². The van der Waals surface area contributed by atoms with E-state index in [1.54, 1.807) is 6.08 Å². The molecule has 2 rings (SSSR count). The van der Waals surface area contributed by atoms with Gasteiger partial charge >= 0.3 is 5.97 Å². The quantitative estimate of drug-likeness (QED) is 0.617. The Bertz CT molecular complexity index is 532. The van der Waals surface area contributed by atoms with E-state index in [4.69, 9.17) is 4.42 Å². The molecular weight excluding hydrogens is 270 g/mol. The van der Waals surface area contributed by atoms with Gasteiger partial charge in [-0.15, -0.1) is 0 Å². The Labute approximate surface area is 124 Å². The zero-order chi connectivity index (χ0) is 15.2.